The Balaban J connectivity index is 1.89. The minimum absolute atomic E-state index is 0.119. The van der Waals surface area contributed by atoms with Gasteiger partial charge >= 0.3 is 0 Å². The summed E-state index contributed by atoms with van der Waals surface area (Å²) in [4.78, 5) is 0. The third-order valence-corrected chi connectivity index (χ3v) is 6.28. The Hall–Kier alpha value is -0.130. The molecule has 0 aliphatic heterocycles. The molecule has 2 aliphatic rings. The van der Waals surface area contributed by atoms with Gasteiger partial charge in [0.05, 0.1) is 5.25 Å². The molecule has 2 N–H and O–H groups in total. The van der Waals surface area contributed by atoms with Gasteiger partial charge in [-0.2, -0.15) is 0 Å². The summed E-state index contributed by atoms with van der Waals surface area (Å²) in [5, 5.41) is -0.119. The Labute approximate surface area is 98.2 Å². The van der Waals surface area contributed by atoms with Gasteiger partial charge in [-0.15, -0.1) is 0 Å². The van der Waals surface area contributed by atoms with Gasteiger partial charge in [0.1, 0.15) is 0 Å². The fourth-order valence-corrected chi connectivity index (χ4v) is 4.70. The monoisotopic (exact) mass is 246 g/mol. The summed E-state index contributed by atoms with van der Waals surface area (Å²) in [5.41, 5.74) is 5.71. The summed E-state index contributed by atoms with van der Waals surface area (Å²) in [6.07, 6.45) is 5.76. The smallest absolute Gasteiger partial charge is 0.216 e. The van der Waals surface area contributed by atoms with Crippen LogP contribution in [0, 0.1) is 5.92 Å². The molecule has 2 saturated carbocycles. The highest BCUT2D eigenvalue weighted by Gasteiger charge is 2.35. The summed E-state index contributed by atoms with van der Waals surface area (Å²) in [5.74, 6) is 0.483. The zero-order valence-electron chi connectivity index (χ0n) is 9.93. The molecule has 0 aromatic rings. The summed E-state index contributed by atoms with van der Waals surface area (Å²) in [6.45, 7) is 0.659. The normalized spacial score (nSPS) is 31.9. The van der Waals surface area contributed by atoms with E-state index in [-0.39, 0.29) is 5.25 Å². The molecule has 94 valence electrons. The quantitative estimate of drug-likeness (QED) is 0.802. The Morgan fingerprint density at radius 1 is 1.25 bits per heavy atom. The second-order valence-corrected chi connectivity index (χ2v) is 7.65. The second kappa shape index (κ2) is 4.63. The summed E-state index contributed by atoms with van der Waals surface area (Å²) >= 11 is 0. The van der Waals surface area contributed by atoms with Crippen molar-refractivity contribution in [2.45, 2.75) is 49.8 Å². The second-order valence-electron chi connectivity index (χ2n) is 5.33. The lowest BCUT2D eigenvalue weighted by Gasteiger charge is -2.35. The van der Waals surface area contributed by atoms with E-state index in [1.165, 1.54) is 0 Å². The molecule has 4 nitrogen and oxygen atoms in total. The van der Waals surface area contributed by atoms with Gasteiger partial charge < -0.3 is 5.73 Å². The maximum absolute atomic E-state index is 12.2. The minimum Gasteiger partial charge on any atom is -0.328 e. The molecule has 0 atom stereocenters. The van der Waals surface area contributed by atoms with Crippen LogP contribution in [0.2, 0.25) is 0 Å². The molecular formula is C11H22N2O2S. The maximum Gasteiger partial charge on any atom is 0.216 e. The van der Waals surface area contributed by atoms with E-state index in [0.717, 1.165) is 38.5 Å². The molecule has 0 aromatic carbocycles. The number of hydrogen-bond acceptors (Lipinski definition) is 3. The topological polar surface area (TPSA) is 63.4 Å². The molecule has 0 radical (unpaired) electrons. The first kappa shape index (κ1) is 12.3. The first-order valence-electron chi connectivity index (χ1n) is 6.21. The van der Waals surface area contributed by atoms with E-state index in [4.69, 9.17) is 5.73 Å². The van der Waals surface area contributed by atoms with Crippen LogP contribution in [0.3, 0.4) is 0 Å². The van der Waals surface area contributed by atoms with Crippen LogP contribution >= 0.6 is 0 Å². The molecule has 5 heteroatoms. The Morgan fingerprint density at radius 2 is 1.81 bits per heavy atom. The van der Waals surface area contributed by atoms with Crippen LogP contribution in [0.25, 0.3) is 0 Å². The number of nitrogens with two attached hydrogens (primary N) is 1. The third-order valence-electron chi connectivity index (χ3n) is 3.95. The van der Waals surface area contributed by atoms with Crippen molar-refractivity contribution in [1.29, 1.82) is 0 Å². The minimum atomic E-state index is -3.03. The van der Waals surface area contributed by atoms with Gasteiger partial charge in [0.15, 0.2) is 0 Å². The maximum atomic E-state index is 12.2. The van der Waals surface area contributed by atoms with Crippen molar-refractivity contribution in [2.75, 3.05) is 13.6 Å². The van der Waals surface area contributed by atoms with Gasteiger partial charge in [-0.3, -0.25) is 0 Å². The zero-order chi connectivity index (χ0) is 11.8. The van der Waals surface area contributed by atoms with Crippen molar-refractivity contribution in [3.63, 3.8) is 0 Å². The predicted octanol–water partition coefficient (Wildman–Crippen LogP) is 0.928. The number of nitrogens with zero attached hydrogens (tertiary/aromatic N) is 1. The Morgan fingerprint density at radius 3 is 2.31 bits per heavy atom. The van der Waals surface area contributed by atoms with E-state index in [1.807, 2.05) is 0 Å². The lowest BCUT2D eigenvalue weighted by Crippen LogP contribution is -2.45. The molecule has 16 heavy (non-hydrogen) atoms. The SMILES string of the molecule is CN(CC1CC(N)C1)S(=O)(=O)C1CCCC1. The van der Waals surface area contributed by atoms with Crippen molar-refractivity contribution in [3.05, 3.63) is 0 Å². The van der Waals surface area contributed by atoms with Gasteiger partial charge in [0.2, 0.25) is 10.0 Å². The van der Waals surface area contributed by atoms with Gasteiger partial charge in [0, 0.05) is 19.6 Å². The van der Waals surface area contributed by atoms with Crippen molar-refractivity contribution in [2.24, 2.45) is 11.7 Å². The zero-order valence-corrected chi connectivity index (χ0v) is 10.7. The van der Waals surface area contributed by atoms with Crippen molar-refractivity contribution in [3.8, 4) is 0 Å². The van der Waals surface area contributed by atoms with E-state index in [1.54, 1.807) is 11.4 Å². The highest BCUT2D eigenvalue weighted by Crippen LogP contribution is 2.30. The van der Waals surface area contributed by atoms with Gasteiger partial charge in [-0.1, -0.05) is 12.8 Å². The lowest BCUT2D eigenvalue weighted by atomic mass is 9.81. The fourth-order valence-electron chi connectivity index (χ4n) is 2.84. The molecule has 0 heterocycles. The molecule has 0 aromatic heterocycles. The lowest BCUT2D eigenvalue weighted by molar-refractivity contribution is 0.226. The van der Waals surface area contributed by atoms with Gasteiger partial charge in [0.25, 0.3) is 0 Å². The fraction of sp³-hybridized carbons (Fsp3) is 1.00. The summed E-state index contributed by atoms with van der Waals surface area (Å²) in [7, 11) is -1.32. The average molecular weight is 246 g/mol. The molecular weight excluding hydrogens is 224 g/mol. The van der Waals surface area contributed by atoms with E-state index in [2.05, 4.69) is 0 Å². The van der Waals surface area contributed by atoms with Crippen LogP contribution in [-0.4, -0.2) is 37.6 Å². The van der Waals surface area contributed by atoms with Crippen molar-refractivity contribution in [1.82, 2.24) is 4.31 Å². The first-order valence-corrected chi connectivity index (χ1v) is 7.71. The van der Waals surface area contributed by atoms with Gasteiger partial charge in [-0.25, -0.2) is 12.7 Å². The molecule has 0 saturated heterocycles. The molecule has 2 aliphatic carbocycles. The van der Waals surface area contributed by atoms with Gasteiger partial charge in [-0.05, 0) is 31.6 Å². The third kappa shape index (κ3) is 2.41. The first-order chi connectivity index (χ1) is 7.50. The van der Waals surface area contributed by atoms with Crippen molar-refractivity contribution >= 4 is 10.0 Å². The highest BCUT2D eigenvalue weighted by molar-refractivity contribution is 7.89. The Kier molecular flexibility index (Phi) is 3.56. The number of hydrogen-bond donors (Lipinski definition) is 1. The summed E-state index contributed by atoms with van der Waals surface area (Å²) < 4.78 is 25.9. The predicted molar refractivity (Wildman–Crippen MR) is 64.5 cm³/mol. The molecule has 0 bridgehead atoms. The standard InChI is InChI=1S/C11H22N2O2S/c1-13(8-9-6-10(12)7-9)16(14,15)11-4-2-3-5-11/h9-11H,2-8,12H2,1H3. The van der Waals surface area contributed by atoms with E-state index < -0.39 is 10.0 Å². The van der Waals surface area contributed by atoms with Crippen LogP contribution in [0.5, 0.6) is 0 Å². The molecule has 0 unspecified atom stereocenters. The number of sulfonamides is 1. The molecule has 0 amide bonds. The molecule has 2 fully saturated rings. The van der Waals surface area contributed by atoms with Crippen LogP contribution in [0.1, 0.15) is 38.5 Å². The molecule has 2 rings (SSSR count). The summed E-state index contributed by atoms with van der Waals surface area (Å²) in [6, 6.07) is 0.299. The largest absolute Gasteiger partial charge is 0.328 e. The van der Waals surface area contributed by atoms with E-state index in [9.17, 15) is 8.42 Å². The average Bonchev–Trinajstić information content (AvgIpc) is 2.68. The van der Waals surface area contributed by atoms with Crippen LogP contribution < -0.4 is 5.73 Å². The van der Waals surface area contributed by atoms with E-state index in [0.29, 0.717) is 18.5 Å². The molecule has 0 spiro atoms. The highest BCUT2D eigenvalue weighted by atomic mass is 32.2. The van der Waals surface area contributed by atoms with Crippen LogP contribution in [0.4, 0.5) is 0 Å². The Bertz CT molecular complexity index is 330. The number of rotatable bonds is 4. The van der Waals surface area contributed by atoms with Crippen LogP contribution in [0.15, 0.2) is 0 Å². The van der Waals surface area contributed by atoms with Crippen molar-refractivity contribution < 1.29 is 8.42 Å². The van der Waals surface area contributed by atoms with Crippen LogP contribution in [-0.2, 0) is 10.0 Å². The van der Waals surface area contributed by atoms with E-state index >= 15 is 0 Å².